The monoisotopic (exact) mass is 407 g/mol. The highest BCUT2D eigenvalue weighted by molar-refractivity contribution is 6.30. The van der Waals surface area contributed by atoms with Gasteiger partial charge < -0.3 is 20.9 Å². The highest BCUT2D eigenvalue weighted by Gasteiger charge is 2.12. The Hall–Kier alpha value is -3.16. The molecule has 4 rings (SSSR count). The second kappa shape index (κ2) is 8.46. The first kappa shape index (κ1) is 19.2. The predicted molar refractivity (Wildman–Crippen MR) is 118 cm³/mol. The predicted octanol–water partition coefficient (Wildman–Crippen LogP) is 3.89. The lowest BCUT2D eigenvalue weighted by Gasteiger charge is -2.19. The molecule has 8 heteroatoms. The van der Waals surface area contributed by atoms with Gasteiger partial charge in [0.15, 0.2) is 17.0 Å². The van der Waals surface area contributed by atoms with E-state index in [0.29, 0.717) is 35.0 Å². The zero-order chi connectivity index (χ0) is 20.2. The van der Waals surface area contributed by atoms with Gasteiger partial charge in [-0.15, -0.1) is 0 Å². The van der Waals surface area contributed by atoms with Crippen molar-refractivity contribution in [2.75, 3.05) is 23.8 Å². The van der Waals surface area contributed by atoms with Crippen LogP contribution < -0.4 is 16.0 Å². The molecule has 0 saturated heterocycles. The van der Waals surface area contributed by atoms with Gasteiger partial charge in [0.2, 0.25) is 0 Å². The van der Waals surface area contributed by atoms with Crippen molar-refractivity contribution in [3.05, 3.63) is 71.3 Å². The summed E-state index contributed by atoms with van der Waals surface area (Å²) in [4.78, 5) is 18.9. The van der Waals surface area contributed by atoms with Crippen LogP contribution in [0, 0.1) is 0 Å². The fourth-order valence-electron chi connectivity index (χ4n) is 3.10. The van der Waals surface area contributed by atoms with Crippen molar-refractivity contribution in [2.24, 2.45) is 5.73 Å². The Bertz CT molecular complexity index is 1120. The van der Waals surface area contributed by atoms with Crippen LogP contribution in [0.25, 0.3) is 11.2 Å². The van der Waals surface area contributed by atoms with Crippen molar-refractivity contribution < 1.29 is 0 Å². The average Bonchev–Trinajstić information content (AvgIpc) is 3.21. The van der Waals surface area contributed by atoms with Crippen LogP contribution in [-0.4, -0.2) is 33.5 Å². The number of aromatic nitrogens is 4. The van der Waals surface area contributed by atoms with E-state index in [-0.39, 0.29) is 0 Å². The molecule has 0 aliphatic rings. The van der Waals surface area contributed by atoms with Gasteiger partial charge in [0.1, 0.15) is 5.82 Å². The van der Waals surface area contributed by atoms with Gasteiger partial charge in [0.05, 0.1) is 6.33 Å². The summed E-state index contributed by atoms with van der Waals surface area (Å²) < 4.78 is 0. The molecular formula is C21H22ClN7. The lowest BCUT2D eigenvalue weighted by Crippen LogP contribution is -2.21. The Kier molecular flexibility index (Phi) is 5.59. The Morgan fingerprint density at radius 2 is 2.00 bits per heavy atom. The average molecular weight is 408 g/mol. The number of nitrogens with zero attached hydrogens (tertiary/aromatic N) is 4. The molecule has 148 valence electrons. The lowest BCUT2D eigenvalue weighted by atomic mass is 10.2. The summed E-state index contributed by atoms with van der Waals surface area (Å²) in [5.41, 5.74) is 10.2. The van der Waals surface area contributed by atoms with E-state index in [2.05, 4.69) is 44.3 Å². The first-order valence-corrected chi connectivity index (χ1v) is 9.73. The molecule has 0 atom stereocenters. The zero-order valence-electron chi connectivity index (χ0n) is 16.1. The topological polar surface area (TPSA) is 95.8 Å². The number of likely N-dealkylation sites (N-methyl/N-ethyl adjacent to an activating group) is 1. The summed E-state index contributed by atoms with van der Waals surface area (Å²) in [6, 6.07) is 15.7. The Morgan fingerprint density at radius 3 is 2.83 bits per heavy atom. The van der Waals surface area contributed by atoms with Gasteiger partial charge in [-0.05, 0) is 35.9 Å². The van der Waals surface area contributed by atoms with Crippen molar-refractivity contribution in [2.45, 2.75) is 13.0 Å². The first-order chi connectivity index (χ1) is 14.1. The number of hydrogen-bond donors (Lipinski definition) is 3. The number of nitrogens with two attached hydrogens (primary N) is 1. The molecule has 7 nitrogen and oxygen atoms in total. The van der Waals surface area contributed by atoms with Crippen molar-refractivity contribution in [3.8, 4) is 0 Å². The SMILES string of the molecule is CN(CCc1nc(Nc2cccc(Cl)c2)c2nc[nH]c2n1)c1cccc(CN)c1. The van der Waals surface area contributed by atoms with E-state index >= 15 is 0 Å². The Labute approximate surface area is 174 Å². The smallest absolute Gasteiger partial charge is 0.163 e. The number of benzene rings is 2. The third-order valence-corrected chi connectivity index (χ3v) is 4.91. The summed E-state index contributed by atoms with van der Waals surface area (Å²) in [5, 5.41) is 3.96. The van der Waals surface area contributed by atoms with Gasteiger partial charge in [-0.1, -0.05) is 29.8 Å². The van der Waals surface area contributed by atoms with E-state index in [4.69, 9.17) is 22.3 Å². The molecule has 4 aromatic rings. The molecule has 0 unspecified atom stereocenters. The molecule has 0 saturated carbocycles. The molecule has 0 amide bonds. The van der Waals surface area contributed by atoms with E-state index < -0.39 is 0 Å². The van der Waals surface area contributed by atoms with Crippen LogP contribution in [-0.2, 0) is 13.0 Å². The van der Waals surface area contributed by atoms with E-state index in [0.717, 1.165) is 29.3 Å². The van der Waals surface area contributed by atoms with Crippen LogP contribution in [0.3, 0.4) is 0 Å². The molecule has 2 aromatic heterocycles. The van der Waals surface area contributed by atoms with E-state index in [9.17, 15) is 0 Å². The number of anilines is 3. The quantitative estimate of drug-likeness (QED) is 0.430. The standard InChI is InChI=1S/C21H22ClN7/c1-29(17-7-2-4-14(10-17)12-23)9-8-18-27-20-19(24-13-25-20)21(28-18)26-16-6-3-5-15(22)11-16/h2-7,10-11,13H,8-9,12,23H2,1H3,(H2,24,25,26,27,28). The normalized spacial score (nSPS) is 11.0. The summed E-state index contributed by atoms with van der Waals surface area (Å²) in [6.07, 6.45) is 2.30. The van der Waals surface area contributed by atoms with Gasteiger partial charge in [-0.2, -0.15) is 0 Å². The maximum Gasteiger partial charge on any atom is 0.163 e. The van der Waals surface area contributed by atoms with Crippen LogP contribution >= 0.6 is 11.6 Å². The maximum absolute atomic E-state index is 6.10. The number of nitrogens with one attached hydrogen (secondary N) is 2. The number of H-pyrrole nitrogens is 1. The molecule has 4 N–H and O–H groups in total. The second-order valence-corrected chi connectivity index (χ2v) is 7.21. The molecule has 0 fully saturated rings. The summed E-state index contributed by atoms with van der Waals surface area (Å²) in [6.45, 7) is 1.30. The minimum atomic E-state index is 0.528. The molecule has 0 bridgehead atoms. The third kappa shape index (κ3) is 4.47. The van der Waals surface area contributed by atoms with Crippen LogP contribution in [0.15, 0.2) is 54.9 Å². The highest BCUT2D eigenvalue weighted by Crippen LogP contribution is 2.24. The van der Waals surface area contributed by atoms with Crippen molar-refractivity contribution in [1.29, 1.82) is 0 Å². The van der Waals surface area contributed by atoms with Crippen molar-refractivity contribution >= 4 is 40.0 Å². The van der Waals surface area contributed by atoms with Crippen LogP contribution in [0.5, 0.6) is 0 Å². The van der Waals surface area contributed by atoms with Gasteiger partial charge in [0.25, 0.3) is 0 Å². The number of aromatic amines is 1. The first-order valence-electron chi connectivity index (χ1n) is 9.35. The summed E-state index contributed by atoms with van der Waals surface area (Å²) in [7, 11) is 2.05. The fraction of sp³-hybridized carbons (Fsp3) is 0.190. The molecule has 2 heterocycles. The third-order valence-electron chi connectivity index (χ3n) is 4.67. The largest absolute Gasteiger partial charge is 0.374 e. The number of halogens is 1. The van der Waals surface area contributed by atoms with Gasteiger partial charge in [-0.25, -0.2) is 15.0 Å². The van der Waals surface area contributed by atoms with Gasteiger partial charge >= 0.3 is 0 Å². The lowest BCUT2D eigenvalue weighted by molar-refractivity contribution is 0.825. The second-order valence-electron chi connectivity index (χ2n) is 6.77. The van der Waals surface area contributed by atoms with E-state index in [1.54, 1.807) is 6.33 Å². The van der Waals surface area contributed by atoms with Gasteiger partial charge in [-0.3, -0.25) is 0 Å². The molecule has 29 heavy (non-hydrogen) atoms. The Morgan fingerprint density at radius 1 is 1.14 bits per heavy atom. The highest BCUT2D eigenvalue weighted by atomic mass is 35.5. The van der Waals surface area contributed by atoms with Crippen LogP contribution in [0.1, 0.15) is 11.4 Å². The summed E-state index contributed by atoms with van der Waals surface area (Å²) >= 11 is 6.10. The van der Waals surface area contributed by atoms with Crippen LogP contribution in [0.2, 0.25) is 5.02 Å². The number of rotatable bonds is 7. The molecule has 0 aliphatic carbocycles. The minimum Gasteiger partial charge on any atom is -0.374 e. The summed E-state index contributed by atoms with van der Waals surface area (Å²) in [5.74, 6) is 1.38. The van der Waals surface area contributed by atoms with E-state index in [1.807, 2.05) is 36.4 Å². The van der Waals surface area contributed by atoms with Crippen molar-refractivity contribution in [3.63, 3.8) is 0 Å². The minimum absolute atomic E-state index is 0.528. The van der Waals surface area contributed by atoms with Crippen LogP contribution in [0.4, 0.5) is 17.2 Å². The molecule has 2 aromatic carbocycles. The van der Waals surface area contributed by atoms with Crippen molar-refractivity contribution in [1.82, 2.24) is 19.9 Å². The Balaban J connectivity index is 1.54. The van der Waals surface area contributed by atoms with Gasteiger partial charge in [0, 0.05) is 43.0 Å². The number of imidazole rings is 1. The fourth-order valence-corrected chi connectivity index (χ4v) is 3.29. The molecular weight excluding hydrogens is 386 g/mol. The molecule has 0 aliphatic heterocycles. The number of hydrogen-bond acceptors (Lipinski definition) is 6. The molecule has 0 spiro atoms. The number of fused-ring (bicyclic) bond motifs is 1. The maximum atomic E-state index is 6.10. The molecule has 0 radical (unpaired) electrons. The zero-order valence-corrected chi connectivity index (χ0v) is 16.8. The van der Waals surface area contributed by atoms with E-state index in [1.165, 1.54) is 0 Å².